The molecule has 2 heterocycles. The maximum absolute atomic E-state index is 11.8. The Labute approximate surface area is 105 Å². The second kappa shape index (κ2) is 5.46. The zero-order chi connectivity index (χ0) is 12.3. The minimum atomic E-state index is -0.135. The number of nitrogen functional groups attached to an aromatic ring is 1. The molecule has 1 unspecified atom stereocenters. The maximum atomic E-state index is 11.8. The van der Waals surface area contributed by atoms with Gasteiger partial charge in [0.15, 0.2) is 5.13 Å². The van der Waals surface area contributed by atoms with Crippen molar-refractivity contribution in [2.75, 3.05) is 25.4 Å². The first-order chi connectivity index (χ1) is 8.15. The Bertz CT molecular complexity index is 387. The van der Waals surface area contributed by atoms with Gasteiger partial charge in [-0.2, -0.15) is 0 Å². The van der Waals surface area contributed by atoms with Crippen molar-refractivity contribution in [2.45, 2.75) is 25.8 Å². The summed E-state index contributed by atoms with van der Waals surface area (Å²) in [4.78, 5) is 18.1. The zero-order valence-corrected chi connectivity index (χ0v) is 10.8. The standard InChI is InChI=1S/C11H18N4OS/c1-8(6-15-4-2-3-5-15)13-10(16)9-7-17-11(12)14-9/h7-8H,2-6H2,1H3,(H2,12,14)(H,13,16). The Morgan fingerprint density at radius 2 is 2.35 bits per heavy atom. The fraction of sp³-hybridized carbons (Fsp3) is 0.636. The Morgan fingerprint density at radius 3 is 2.94 bits per heavy atom. The Morgan fingerprint density at radius 1 is 1.65 bits per heavy atom. The molecular formula is C11H18N4OS. The van der Waals surface area contributed by atoms with Crippen LogP contribution in [-0.2, 0) is 0 Å². The molecule has 0 aliphatic carbocycles. The van der Waals surface area contributed by atoms with Crippen LogP contribution in [0.1, 0.15) is 30.3 Å². The van der Waals surface area contributed by atoms with E-state index in [1.807, 2.05) is 6.92 Å². The quantitative estimate of drug-likeness (QED) is 0.839. The van der Waals surface area contributed by atoms with Gasteiger partial charge in [-0.25, -0.2) is 4.98 Å². The molecule has 0 bridgehead atoms. The van der Waals surface area contributed by atoms with Crippen LogP contribution in [-0.4, -0.2) is 41.5 Å². The normalized spacial score (nSPS) is 18.2. The number of likely N-dealkylation sites (tertiary alicyclic amines) is 1. The molecule has 1 amide bonds. The lowest BCUT2D eigenvalue weighted by Gasteiger charge is -2.20. The number of anilines is 1. The average molecular weight is 254 g/mol. The Kier molecular flexibility index (Phi) is 3.96. The van der Waals surface area contributed by atoms with Gasteiger partial charge in [-0.15, -0.1) is 11.3 Å². The summed E-state index contributed by atoms with van der Waals surface area (Å²) in [6, 6.07) is 0.142. The van der Waals surface area contributed by atoms with E-state index in [1.54, 1.807) is 5.38 Å². The van der Waals surface area contributed by atoms with Crippen molar-refractivity contribution >= 4 is 22.4 Å². The van der Waals surface area contributed by atoms with Crippen molar-refractivity contribution in [2.24, 2.45) is 0 Å². The highest BCUT2D eigenvalue weighted by Gasteiger charge is 2.17. The monoisotopic (exact) mass is 254 g/mol. The second-order valence-corrected chi connectivity index (χ2v) is 5.34. The first-order valence-corrected chi connectivity index (χ1v) is 6.77. The molecule has 0 aromatic carbocycles. The lowest BCUT2D eigenvalue weighted by molar-refractivity contribution is 0.0927. The van der Waals surface area contributed by atoms with Gasteiger partial charge in [0, 0.05) is 18.0 Å². The van der Waals surface area contributed by atoms with Gasteiger partial charge in [0.2, 0.25) is 0 Å². The minimum absolute atomic E-state index is 0.135. The third-order valence-corrected chi connectivity index (χ3v) is 3.54. The van der Waals surface area contributed by atoms with E-state index in [4.69, 9.17) is 5.73 Å². The van der Waals surface area contributed by atoms with Crippen LogP contribution >= 0.6 is 11.3 Å². The summed E-state index contributed by atoms with van der Waals surface area (Å²) in [6.07, 6.45) is 2.53. The van der Waals surface area contributed by atoms with Gasteiger partial charge in [-0.1, -0.05) is 0 Å². The van der Waals surface area contributed by atoms with E-state index in [1.165, 1.54) is 24.2 Å². The molecule has 1 fully saturated rings. The molecule has 94 valence electrons. The summed E-state index contributed by atoms with van der Waals surface area (Å²) in [6.45, 7) is 5.21. The second-order valence-electron chi connectivity index (χ2n) is 4.45. The van der Waals surface area contributed by atoms with Crippen LogP contribution in [0.15, 0.2) is 5.38 Å². The van der Waals surface area contributed by atoms with E-state index >= 15 is 0 Å². The number of aromatic nitrogens is 1. The number of rotatable bonds is 4. The number of hydrogen-bond acceptors (Lipinski definition) is 5. The summed E-state index contributed by atoms with van der Waals surface area (Å²) >= 11 is 1.29. The van der Waals surface area contributed by atoms with Gasteiger partial charge in [-0.05, 0) is 32.9 Å². The van der Waals surface area contributed by atoms with E-state index in [0.29, 0.717) is 10.8 Å². The fourth-order valence-corrected chi connectivity index (χ4v) is 2.63. The Hall–Kier alpha value is -1.14. The van der Waals surface area contributed by atoms with E-state index < -0.39 is 0 Å². The number of amides is 1. The lowest BCUT2D eigenvalue weighted by atomic mass is 10.3. The van der Waals surface area contributed by atoms with E-state index in [2.05, 4.69) is 15.2 Å². The highest BCUT2D eigenvalue weighted by atomic mass is 32.1. The van der Waals surface area contributed by atoms with Gasteiger partial charge in [0.05, 0.1) is 0 Å². The topological polar surface area (TPSA) is 71.2 Å². The first-order valence-electron chi connectivity index (χ1n) is 5.89. The molecule has 0 radical (unpaired) electrons. The molecule has 1 aromatic rings. The number of thiazole rings is 1. The molecule has 5 nitrogen and oxygen atoms in total. The molecule has 1 atom stereocenters. The third-order valence-electron chi connectivity index (χ3n) is 2.86. The summed E-state index contributed by atoms with van der Waals surface area (Å²) in [5, 5.41) is 5.06. The van der Waals surface area contributed by atoms with E-state index in [9.17, 15) is 4.79 Å². The van der Waals surface area contributed by atoms with Crippen molar-refractivity contribution in [1.29, 1.82) is 0 Å². The SMILES string of the molecule is CC(CN1CCCC1)NC(=O)c1csc(N)n1. The number of carbonyl (C=O) groups excluding carboxylic acids is 1. The predicted molar refractivity (Wildman–Crippen MR) is 69.1 cm³/mol. The highest BCUT2D eigenvalue weighted by Crippen LogP contribution is 2.11. The number of hydrogen-bond donors (Lipinski definition) is 2. The van der Waals surface area contributed by atoms with Gasteiger partial charge in [0.25, 0.3) is 5.91 Å². The van der Waals surface area contributed by atoms with Crippen molar-refractivity contribution in [3.05, 3.63) is 11.1 Å². The number of carbonyl (C=O) groups is 1. The van der Waals surface area contributed by atoms with Crippen molar-refractivity contribution in [1.82, 2.24) is 15.2 Å². The van der Waals surface area contributed by atoms with Crippen LogP contribution in [0.2, 0.25) is 0 Å². The molecular weight excluding hydrogens is 236 g/mol. The van der Waals surface area contributed by atoms with Crippen molar-refractivity contribution in [3.8, 4) is 0 Å². The van der Waals surface area contributed by atoms with Gasteiger partial charge < -0.3 is 16.0 Å². The minimum Gasteiger partial charge on any atom is -0.375 e. The summed E-state index contributed by atoms with van der Waals surface area (Å²) in [5.41, 5.74) is 5.92. The summed E-state index contributed by atoms with van der Waals surface area (Å²) in [5.74, 6) is -0.135. The molecule has 2 rings (SSSR count). The van der Waals surface area contributed by atoms with Crippen molar-refractivity contribution < 1.29 is 4.79 Å². The predicted octanol–water partition coefficient (Wildman–Crippen LogP) is 0.939. The third kappa shape index (κ3) is 3.41. The van der Waals surface area contributed by atoms with Gasteiger partial charge >= 0.3 is 0 Å². The van der Waals surface area contributed by atoms with Crippen LogP contribution in [0.5, 0.6) is 0 Å². The fourth-order valence-electron chi connectivity index (χ4n) is 2.09. The van der Waals surface area contributed by atoms with E-state index in [0.717, 1.165) is 19.6 Å². The zero-order valence-electron chi connectivity index (χ0n) is 9.98. The average Bonchev–Trinajstić information content (AvgIpc) is 2.89. The highest BCUT2D eigenvalue weighted by molar-refractivity contribution is 7.13. The maximum Gasteiger partial charge on any atom is 0.271 e. The summed E-state index contributed by atoms with van der Waals surface area (Å²) < 4.78 is 0. The van der Waals surface area contributed by atoms with Crippen LogP contribution in [0.25, 0.3) is 0 Å². The molecule has 0 spiro atoms. The van der Waals surface area contributed by atoms with Crippen LogP contribution in [0.3, 0.4) is 0 Å². The molecule has 17 heavy (non-hydrogen) atoms. The van der Waals surface area contributed by atoms with Crippen molar-refractivity contribution in [3.63, 3.8) is 0 Å². The number of nitrogens with two attached hydrogens (primary N) is 1. The number of nitrogens with one attached hydrogen (secondary N) is 1. The molecule has 1 aliphatic rings. The lowest BCUT2D eigenvalue weighted by Crippen LogP contribution is -2.41. The van der Waals surface area contributed by atoms with Gasteiger partial charge in [0.1, 0.15) is 5.69 Å². The van der Waals surface area contributed by atoms with Crippen LogP contribution < -0.4 is 11.1 Å². The molecule has 1 saturated heterocycles. The number of nitrogens with zero attached hydrogens (tertiary/aromatic N) is 2. The van der Waals surface area contributed by atoms with E-state index in [-0.39, 0.29) is 11.9 Å². The first kappa shape index (κ1) is 12.3. The Balaban J connectivity index is 1.81. The molecule has 1 aromatic heterocycles. The molecule has 3 N–H and O–H groups in total. The molecule has 1 aliphatic heterocycles. The van der Waals surface area contributed by atoms with Crippen LogP contribution in [0.4, 0.5) is 5.13 Å². The van der Waals surface area contributed by atoms with Gasteiger partial charge in [-0.3, -0.25) is 4.79 Å². The summed E-state index contributed by atoms with van der Waals surface area (Å²) in [7, 11) is 0. The smallest absolute Gasteiger partial charge is 0.271 e. The largest absolute Gasteiger partial charge is 0.375 e. The van der Waals surface area contributed by atoms with Crippen LogP contribution in [0, 0.1) is 0 Å². The molecule has 6 heteroatoms. The molecule has 0 saturated carbocycles.